The van der Waals surface area contributed by atoms with E-state index in [1.54, 1.807) is 18.3 Å². The van der Waals surface area contributed by atoms with Crippen molar-refractivity contribution in [3.63, 3.8) is 0 Å². The standard InChI is InChI=1S/C26H26N10O3/c1-4-17-7-5-8-18(11-17)31-25-19-12-22(28-14-20(19)29-16-30-25)33-24(37)9-6-10-36(2,3)15-21-26(35(38)39)34-23(13-27)32-21/h1,5-9,11-14,16,23,27H,10,15H2,2-3H3,(H3-,28,29,30,31,32,33,34,37)/p+1/b9-6+,27-13?. The lowest BCUT2D eigenvalue weighted by atomic mass is 10.2. The summed E-state index contributed by atoms with van der Waals surface area (Å²) >= 11 is 0. The van der Waals surface area contributed by atoms with E-state index in [-0.39, 0.29) is 11.7 Å². The fourth-order valence-electron chi connectivity index (χ4n) is 3.95. The van der Waals surface area contributed by atoms with Gasteiger partial charge in [0.1, 0.15) is 24.5 Å². The Morgan fingerprint density at radius 3 is 2.85 bits per heavy atom. The number of nitro groups is 1. The Hall–Kier alpha value is -5.35. The SMILES string of the molecule is C#Cc1cccc(Nc2ncnc3cnc(NC(=O)/C=C/C[N+](C)(C)CC4=C([N+](=O)[O-])NC(C=N)N4)cc23)c1. The normalized spacial score (nSPS) is 14.9. The molecule has 3 heterocycles. The molecule has 1 amide bonds. The van der Waals surface area contributed by atoms with Crippen LogP contribution in [-0.2, 0) is 4.79 Å². The summed E-state index contributed by atoms with van der Waals surface area (Å²) < 4.78 is 0.331. The zero-order valence-corrected chi connectivity index (χ0v) is 21.3. The maximum Gasteiger partial charge on any atom is 0.343 e. The van der Waals surface area contributed by atoms with Gasteiger partial charge in [0.05, 0.1) is 38.6 Å². The van der Waals surface area contributed by atoms with Gasteiger partial charge < -0.3 is 36.0 Å². The molecule has 1 aliphatic rings. The van der Waals surface area contributed by atoms with Crippen molar-refractivity contribution in [3.05, 3.63) is 82.2 Å². The Morgan fingerprint density at radius 2 is 2.10 bits per heavy atom. The summed E-state index contributed by atoms with van der Waals surface area (Å²) in [6.07, 6.45) is 12.0. The molecule has 0 bridgehead atoms. The van der Waals surface area contributed by atoms with Gasteiger partial charge in [0.25, 0.3) is 0 Å². The van der Waals surface area contributed by atoms with Crippen molar-refractivity contribution in [2.75, 3.05) is 37.8 Å². The molecule has 0 radical (unpaired) electrons. The topological polar surface area (TPSA) is 171 Å². The molecular formula is C26H27N10O3+. The highest BCUT2D eigenvalue weighted by atomic mass is 16.6. The number of rotatable bonds is 10. The first kappa shape index (κ1) is 26.7. The largest absolute Gasteiger partial charge is 0.358 e. The van der Waals surface area contributed by atoms with Crippen molar-refractivity contribution in [1.29, 1.82) is 5.41 Å². The predicted molar refractivity (Wildman–Crippen MR) is 147 cm³/mol. The Morgan fingerprint density at radius 1 is 1.28 bits per heavy atom. The summed E-state index contributed by atoms with van der Waals surface area (Å²) in [6, 6.07) is 9.03. The molecule has 5 N–H and O–H groups in total. The van der Waals surface area contributed by atoms with Gasteiger partial charge in [-0.1, -0.05) is 12.0 Å². The number of quaternary nitrogens is 1. The van der Waals surface area contributed by atoms with E-state index in [1.807, 2.05) is 38.4 Å². The Balaban J connectivity index is 1.42. The van der Waals surface area contributed by atoms with Gasteiger partial charge in [-0.2, -0.15) is 0 Å². The minimum atomic E-state index is -0.620. The smallest absolute Gasteiger partial charge is 0.343 e. The average Bonchev–Trinajstić information content (AvgIpc) is 3.31. The molecule has 4 rings (SSSR count). The highest BCUT2D eigenvalue weighted by Crippen LogP contribution is 2.25. The molecular weight excluding hydrogens is 500 g/mol. The highest BCUT2D eigenvalue weighted by molar-refractivity contribution is 6.00. The first-order chi connectivity index (χ1) is 18.7. The van der Waals surface area contributed by atoms with Crippen LogP contribution in [0.5, 0.6) is 0 Å². The minimum Gasteiger partial charge on any atom is -0.358 e. The Labute approximate surface area is 224 Å². The molecule has 1 atom stereocenters. The lowest BCUT2D eigenvalue weighted by Crippen LogP contribution is -2.44. The first-order valence-corrected chi connectivity index (χ1v) is 11.8. The van der Waals surface area contributed by atoms with Crippen molar-refractivity contribution in [2.45, 2.75) is 6.17 Å². The maximum atomic E-state index is 12.6. The summed E-state index contributed by atoms with van der Waals surface area (Å²) in [7, 11) is 3.76. The van der Waals surface area contributed by atoms with Crippen molar-refractivity contribution in [1.82, 2.24) is 25.6 Å². The van der Waals surface area contributed by atoms with Gasteiger partial charge in [0.2, 0.25) is 12.1 Å². The van der Waals surface area contributed by atoms with Crippen LogP contribution in [0.3, 0.4) is 0 Å². The molecule has 0 fully saturated rings. The van der Waals surface area contributed by atoms with E-state index in [4.69, 9.17) is 11.8 Å². The van der Waals surface area contributed by atoms with E-state index in [2.05, 4.69) is 42.1 Å². The van der Waals surface area contributed by atoms with Gasteiger partial charge in [0.15, 0.2) is 5.70 Å². The number of pyridine rings is 1. The van der Waals surface area contributed by atoms with Crippen LogP contribution in [-0.4, -0.2) is 69.8 Å². The molecule has 13 heteroatoms. The number of terminal acetylenes is 1. The molecule has 1 unspecified atom stereocenters. The van der Waals surface area contributed by atoms with E-state index in [0.717, 1.165) is 17.5 Å². The third-order valence-corrected chi connectivity index (χ3v) is 5.78. The molecule has 0 saturated carbocycles. The van der Waals surface area contributed by atoms with E-state index < -0.39 is 11.1 Å². The predicted octanol–water partition coefficient (Wildman–Crippen LogP) is 1.94. The molecule has 1 aliphatic heterocycles. The summed E-state index contributed by atoms with van der Waals surface area (Å²) in [5.74, 6) is 2.91. The van der Waals surface area contributed by atoms with Gasteiger partial charge in [-0.15, -0.1) is 6.42 Å². The second-order valence-corrected chi connectivity index (χ2v) is 9.34. The van der Waals surface area contributed by atoms with Gasteiger partial charge in [-0.3, -0.25) is 4.79 Å². The highest BCUT2D eigenvalue weighted by Gasteiger charge is 2.34. The number of hydrogen-bond acceptors (Lipinski definition) is 10. The number of nitrogens with one attached hydrogen (secondary N) is 5. The molecule has 0 saturated heterocycles. The molecule has 3 aromatic rings. The third kappa shape index (κ3) is 6.70. The molecule has 0 aliphatic carbocycles. The minimum absolute atomic E-state index is 0.152. The molecule has 39 heavy (non-hydrogen) atoms. The van der Waals surface area contributed by atoms with Crippen LogP contribution in [0.4, 0.5) is 17.3 Å². The first-order valence-electron chi connectivity index (χ1n) is 11.8. The average molecular weight is 528 g/mol. The maximum absolute atomic E-state index is 12.6. The second-order valence-electron chi connectivity index (χ2n) is 9.34. The van der Waals surface area contributed by atoms with E-state index >= 15 is 0 Å². The van der Waals surface area contributed by atoms with E-state index in [1.165, 1.54) is 12.4 Å². The van der Waals surface area contributed by atoms with Crippen LogP contribution in [0.15, 0.2) is 66.5 Å². The molecule has 2 aromatic heterocycles. The van der Waals surface area contributed by atoms with Crippen LogP contribution >= 0.6 is 0 Å². The van der Waals surface area contributed by atoms with Crippen LogP contribution in [0.25, 0.3) is 10.9 Å². The fourth-order valence-corrected chi connectivity index (χ4v) is 3.95. The van der Waals surface area contributed by atoms with Gasteiger partial charge >= 0.3 is 5.82 Å². The van der Waals surface area contributed by atoms with E-state index in [0.29, 0.717) is 45.8 Å². The lowest BCUT2D eigenvalue weighted by Gasteiger charge is -2.28. The molecule has 13 nitrogen and oxygen atoms in total. The summed E-state index contributed by atoms with van der Waals surface area (Å²) in [4.78, 5) is 36.2. The van der Waals surface area contributed by atoms with Gasteiger partial charge in [0, 0.05) is 22.7 Å². The summed E-state index contributed by atoms with van der Waals surface area (Å²) in [5, 5.41) is 30.9. The molecule has 0 spiro atoms. The second kappa shape index (κ2) is 11.4. The number of fused-ring (bicyclic) bond motifs is 1. The number of carbonyl (C=O) groups excluding carboxylic acids is 1. The Bertz CT molecular complexity index is 1540. The summed E-state index contributed by atoms with van der Waals surface area (Å²) in [6.45, 7) is 0.717. The third-order valence-electron chi connectivity index (χ3n) is 5.78. The zero-order valence-electron chi connectivity index (χ0n) is 21.3. The van der Waals surface area contributed by atoms with Crippen molar-refractivity contribution in [3.8, 4) is 12.3 Å². The molecule has 1 aromatic carbocycles. The van der Waals surface area contributed by atoms with Crippen LogP contribution in [0.1, 0.15) is 5.56 Å². The Kier molecular flexibility index (Phi) is 7.78. The number of anilines is 3. The number of hydrogen-bond donors (Lipinski definition) is 5. The monoisotopic (exact) mass is 527 g/mol. The van der Waals surface area contributed by atoms with Crippen LogP contribution < -0.4 is 21.3 Å². The fraction of sp³-hybridized carbons (Fsp3) is 0.192. The number of carbonyl (C=O) groups is 1. The lowest BCUT2D eigenvalue weighted by molar-refractivity contribution is -0.880. The van der Waals surface area contributed by atoms with Crippen LogP contribution in [0.2, 0.25) is 0 Å². The zero-order chi connectivity index (χ0) is 28.0. The number of aromatic nitrogens is 3. The number of likely N-dealkylation sites (N-methyl/N-ethyl adjacent to an activating group) is 1. The number of nitrogens with zero attached hydrogens (tertiary/aromatic N) is 5. The van der Waals surface area contributed by atoms with E-state index in [9.17, 15) is 14.9 Å². The van der Waals surface area contributed by atoms with Gasteiger partial charge in [-0.25, -0.2) is 20.3 Å². The van der Waals surface area contributed by atoms with Crippen molar-refractivity contribution in [2.24, 2.45) is 0 Å². The quantitative estimate of drug-likeness (QED) is 0.0660. The van der Waals surface area contributed by atoms with Gasteiger partial charge in [-0.05, 0) is 35.3 Å². The number of benzene rings is 1. The summed E-state index contributed by atoms with van der Waals surface area (Å²) in [5.41, 5.74) is 2.48. The van der Waals surface area contributed by atoms with Crippen molar-refractivity contribution < 1.29 is 14.2 Å². The van der Waals surface area contributed by atoms with Crippen LogP contribution in [0, 0.1) is 27.9 Å². The number of amides is 1. The molecule has 198 valence electrons. The van der Waals surface area contributed by atoms with Crippen molar-refractivity contribution >= 4 is 40.3 Å².